The molecule has 1 rings (SSSR count). The molecule has 0 spiro atoms. The van der Waals surface area contributed by atoms with Crippen LogP contribution in [0.5, 0.6) is 0 Å². The van der Waals surface area contributed by atoms with Crippen molar-refractivity contribution in [3.8, 4) is 0 Å². The molecule has 0 heterocycles. The molecule has 1 aromatic carbocycles. The molecular weight excluding hydrogens is 312 g/mol. The summed E-state index contributed by atoms with van der Waals surface area (Å²) >= 11 is 3.56. The van der Waals surface area contributed by atoms with E-state index in [4.69, 9.17) is 5.73 Å². The summed E-state index contributed by atoms with van der Waals surface area (Å²) in [5.74, 6) is 0.639. The zero-order valence-electron chi connectivity index (χ0n) is 13.5. The second-order valence-corrected chi connectivity index (χ2v) is 6.92. The van der Waals surface area contributed by atoms with Crippen LogP contribution in [0.25, 0.3) is 0 Å². The summed E-state index contributed by atoms with van der Waals surface area (Å²) in [7, 11) is 0. The number of hydrogen-bond acceptors (Lipinski definition) is 2. The smallest absolute Gasteiger partial charge is 0.0417 e. The van der Waals surface area contributed by atoms with Crippen molar-refractivity contribution in [3.63, 3.8) is 0 Å². The lowest BCUT2D eigenvalue weighted by Crippen LogP contribution is -2.38. The lowest BCUT2D eigenvalue weighted by Gasteiger charge is -2.36. The van der Waals surface area contributed by atoms with Gasteiger partial charge in [-0.25, -0.2) is 0 Å². The normalized spacial score (nSPS) is 13.1. The van der Waals surface area contributed by atoms with Gasteiger partial charge in [-0.2, -0.15) is 0 Å². The van der Waals surface area contributed by atoms with Gasteiger partial charge in [0.25, 0.3) is 0 Å². The van der Waals surface area contributed by atoms with Crippen LogP contribution in [-0.4, -0.2) is 12.6 Å². The molecule has 1 atom stereocenters. The Morgan fingerprint density at radius 1 is 1.15 bits per heavy atom. The van der Waals surface area contributed by atoms with Gasteiger partial charge in [-0.15, -0.1) is 0 Å². The van der Waals surface area contributed by atoms with E-state index in [9.17, 15) is 0 Å². The fourth-order valence-electron chi connectivity index (χ4n) is 2.72. The molecule has 0 saturated carbocycles. The molecule has 2 N–H and O–H groups in total. The minimum Gasteiger partial charge on any atom is -0.368 e. The Kier molecular flexibility index (Phi) is 7.04. The van der Waals surface area contributed by atoms with E-state index in [1.807, 2.05) is 0 Å². The van der Waals surface area contributed by atoms with Crippen molar-refractivity contribution in [3.05, 3.63) is 28.2 Å². The first-order valence-corrected chi connectivity index (χ1v) is 8.51. The first-order valence-electron chi connectivity index (χ1n) is 7.72. The second-order valence-electron chi connectivity index (χ2n) is 6.01. The van der Waals surface area contributed by atoms with E-state index in [1.54, 1.807) is 0 Å². The molecule has 3 heteroatoms. The molecule has 20 heavy (non-hydrogen) atoms. The van der Waals surface area contributed by atoms with Crippen molar-refractivity contribution in [2.75, 3.05) is 11.4 Å². The number of rotatable bonds is 7. The Hall–Kier alpha value is -0.540. The minimum absolute atomic E-state index is 0.0477. The summed E-state index contributed by atoms with van der Waals surface area (Å²) in [4.78, 5) is 2.55. The number of nitrogens with two attached hydrogens (primary N) is 1. The maximum Gasteiger partial charge on any atom is 0.0417 e. The topological polar surface area (TPSA) is 29.3 Å². The third kappa shape index (κ3) is 4.49. The van der Waals surface area contributed by atoms with Crippen LogP contribution < -0.4 is 10.6 Å². The Balaban J connectivity index is 3.25. The molecular formula is C17H29BrN2. The van der Waals surface area contributed by atoms with Crippen molar-refractivity contribution >= 4 is 21.6 Å². The van der Waals surface area contributed by atoms with Crippen molar-refractivity contribution < 1.29 is 0 Å². The van der Waals surface area contributed by atoms with Crippen molar-refractivity contribution in [2.24, 2.45) is 11.7 Å². The highest BCUT2D eigenvalue weighted by atomic mass is 79.9. The van der Waals surface area contributed by atoms with Gasteiger partial charge in [-0.3, -0.25) is 0 Å². The second kappa shape index (κ2) is 8.04. The summed E-state index contributed by atoms with van der Waals surface area (Å²) in [6.45, 7) is 12.2. The minimum atomic E-state index is 0.0477. The van der Waals surface area contributed by atoms with Crippen molar-refractivity contribution in [1.82, 2.24) is 0 Å². The summed E-state index contributed by atoms with van der Waals surface area (Å²) in [5, 5.41) is 0. The van der Waals surface area contributed by atoms with Crippen LogP contribution in [0.3, 0.4) is 0 Å². The number of anilines is 1. The summed E-state index contributed by atoms with van der Waals surface area (Å²) in [5.41, 5.74) is 8.71. The van der Waals surface area contributed by atoms with E-state index in [0.29, 0.717) is 12.0 Å². The molecule has 0 radical (unpaired) electrons. The predicted octanol–water partition coefficient (Wildman–Crippen LogP) is 5.12. The molecule has 0 aromatic heterocycles. The van der Waals surface area contributed by atoms with Crippen LogP contribution in [0, 0.1) is 5.92 Å². The molecule has 0 bridgehead atoms. The van der Waals surface area contributed by atoms with E-state index in [1.165, 1.54) is 11.3 Å². The van der Waals surface area contributed by atoms with Gasteiger partial charge in [-0.1, -0.05) is 43.6 Å². The highest BCUT2D eigenvalue weighted by Gasteiger charge is 2.20. The molecule has 1 unspecified atom stereocenters. The SMILES string of the molecule is CCC(CC)N(CC(C)C)c1ccc(Br)cc1C(C)N. The van der Waals surface area contributed by atoms with Gasteiger partial charge in [0, 0.05) is 28.8 Å². The average molecular weight is 341 g/mol. The van der Waals surface area contributed by atoms with E-state index < -0.39 is 0 Å². The summed E-state index contributed by atoms with van der Waals surface area (Å²) in [6, 6.07) is 7.12. The molecule has 2 nitrogen and oxygen atoms in total. The quantitative estimate of drug-likeness (QED) is 0.746. The van der Waals surface area contributed by atoms with Gasteiger partial charge in [-0.05, 0) is 49.4 Å². The number of halogens is 1. The largest absolute Gasteiger partial charge is 0.368 e. The molecule has 0 fully saturated rings. The lowest BCUT2D eigenvalue weighted by molar-refractivity contribution is 0.505. The Morgan fingerprint density at radius 3 is 2.20 bits per heavy atom. The Bertz CT molecular complexity index is 411. The van der Waals surface area contributed by atoms with Gasteiger partial charge in [0.1, 0.15) is 0 Å². The van der Waals surface area contributed by atoms with E-state index in [0.717, 1.165) is 23.9 Å². The summed E-state index contributed by atoms with van der Waals surface area (Å²) in [6.07, 6.45) is 2.33. The van der Waals surface area contributed by atoms with Gasteiger partial charge in [0.15, 0.2) is 0 Å². The standard InChI is InChI=1S/C17H29BrN2/c1-6-15(7-2)20(11-12(3)4)17-9-8-14(18)10-16(17)13(5)19/h8-10,12-13,15H,6-7,11,19H2,1-5H3. The van der Waals surface area contributed by atoms with E-state index >= 15 is 0 Å². The highest BCUT2D eigenvalue weighted by Crippen LogP contribution is 2.31. The lowest BCUT2D eigenvalue weighted by atomic mass is 10.0. The molecule has 1 aromatic rings. The average Bonchev–Trinajstić information content (AvgIpc) is 2.38. The Morgan fingerprint density at radius 2 is 1.75 bits per heavy atom. The third-order valence-corrected chi connectivity index (χ3v) is 4.23. The number of nitrogens with zero attached hydrogens (tertiary/aromatic N) is 1. The fraction of sp³-hybridized carbons (Fsp3) is 0.647. The maximum atomic E-state index is 6.19. The van der Waals surface area contributed by atoms with E-state index in [2.05, 4.69) is 73.6 Å². The van der Waals surface area contributed by atoms with Gasteiger partial charge >= 0.3 is 0 Å². The van der Waals surface area contributed by atoms with Crippen molar-refractivity contribution in [2.45, 2.75) is 59.5 Å². The van der Waals surface area contributed by atoms with Crippen LogP contribution in [0.1, 0.15) is 59.1 Å². The molecule has 0 aliphatic carbocycles. The molecule has 0 amide bonds. The number of hydrogen-bond donors (Lipinski definition) is 1. The van der Waals surface area contributed by atoms with Gasteiger partial charge < -0.3 is 10.6 Å². The first kappa shape index (κ1) is 17.5. The number of benzene rings is 1. The Labute approximate surface area is 132 Å². The molecule has 114 valence electrons. The molecule has 0 aliphatic rings. The van der Waals surface area contributed by atoms with Crippen molar-refractivity contribution in [1.29, 1.82) is 0 Å². The fourth-order valence-corrected chi connectivity index (χ4v) is 3.10. The van der Waals surface area contributed by atoms with Gasteiger partial charge in [0.2, 0.25) is 0 Å². The monoisotopic (exact) mass is 340 g/mol. The highest BCUT2D eigenvalue weighted by molar-refractivity contribution is 9.10. The van der Waals surface area contributed by atoms with Crippen LogP contribution in [-0.2, 0) is 0 Å². The predicted molar refractivity (Wildman–Crippen MR) is 93.3 cm³/mol. The van der Waals surface area contributed by atoms with E-state index in [-0.39, 0.29) is 6.04 Å². The zero-order valence-corrected chi connectivity index (χ0v) is 15.1. The first-order chi connectivity index (χ1) is 9.40. The molecule has 0 saturated heterocycles. The van der Waals surface area contributed by atoms with Crippen LogP contribution in [0.4, 0.5) is 5.69 Å². The zero-order chi connectivity index (χ0) is 15.3. The maximum absolute atomic E-state index is 6.19. The summed E-state index contributed by atoms with van der Waals surface area (Å²) < 4.78 is 1.10. The molecule has 0 aliphatic heterocycles. The van der Waals surface area contributed by atoms with Crippen LogP contribution in [0.15, 0.2) is 22.7 Å². The van der Waals surface area contributed by atoms with Gasteiger partial charge in [0.05, 0.1) is 0 Å². The van der Waals surface area contributed by atoms with Crippen LogP contribution in [0.2, 0.25) is 0 Å². The third-order valence-electron chi connectivity index (χ3n) is 3.73. The van der Waals surface area contributed by atoms with Crippen LogP contribution >= 0.6 is 15.9 Å².